The van der Waals surface area contributed by atoms with E-state index in [1.165, 1.54) is 0 Å². The van der Waals surface area contributed by atoms with Crippen LogP contribution in [0.25, 0.3) is 0 Å². The van der Waals surface area contributed by atoms with Gasteiger partial charge >= 0.3 is 0 Å². The molecule has 1 aromatic carbocycles. The van der Waals surface area contributed by atoms with Crippen molar-refractivity contribution in [1.29, 1.82) is 0 Å². The summed E-state index contributed by atoms with van der Waals surface area (Å²) in [4.78, 5) is 28.0. The predicted octanol–water partition coefficient (Wildman–Crippen LogP) is 0.764. The number of methoxy groups -OCH3 is 1. The van der Waals surface area contributed by atoms with Crippen LogP contribution in [0.3, 0.4) is 0 Å². The molecule has 1 aliphatic heterocycles. The number of carbonyl (C=O) groups excluding carboxylic acids is 2. The smallest absolute Gasteiger partial charge is 0.225 e. The van der Waals surface area contributed by atoms with Gasteiger partial charge in [0.15, 0.2) is 0 Å². The van der Waals surface area contributed by atoms with Gasteiger partial charge in [0.1, 0.15) is 5.75 Å². The van der Waals surface area contributed by atoms with Crippen LogP contribution < -0.4 is 10.1 Å². The van der Waals surface area contributed by atoms with Gasteiger partial charge in [-0.25, -0.2) is 0 Å². The van der Waals surface area contributed by atoms with Crippen molar-refractivity contribution in [3.05, 3.63) is 29.8 Å². The van der Waals surface area contributed by atoms with E-state index in [2.05, 4.69) is 5.32 Å². The Morgan fingerprint density at radius 1 is 1.33 bits per heavy atom. The first-order valence-electron chi connectivity index (χ1n) is 8.32. The van der Waals surface area contributed by atoms with Gasteiger partial charge in [-0.1, -0.05) is 12.1 Å². The van der Waals surface area contributed by atoms with E-state index >= 15 is 0 Å². The number of ether oxygens (including phenoxy) is 1. The minimum atomic E-state index is -0.226. The molecule has 1 atom stereocenters. The van der Waals surface area contributed by atoms with Crippen molar-refractivity contribution >= 4 is 11.8 Å². The van der Waals surface area contributed by atoms with Gasteiger partial charge in [-0.2, -0.15) is 0 Å². The lowest BCUT2D eigenvalue weighted by Gasteiger charge is -2.19. The molecule has 1 aliphatic rings. The van der Waals surface area contributed by atoms with Crippen molar-refractivity contribution in [2.75, 3.05) is 47.4 Å². The Morgan fingerprint density at radius 3 is 2.67 bits per heavy atom. The van der Waals surface area contributed by atoms with E-state index in [-0.39, 0.29) is 17.7 Å². The molecule has 0 radical (unpaired) electrons. The lowest BCUT2D eigenvalue weighted by Crippen LogP contribution is -2.36. The number of carbonyl (C=O) groups is 2. The Hall–Kier alpha value is -2.08. The lowest BCUT2D eigenvalue weighted by molar-refractivity contribution is -0.129. The highest BCUT2D eigenvalue weighted by molar-refractivity contribution is 5.89. The van der Waals surface area contributed by atoms with E-state index in [0.717, 1.165) is 24.3 Å². The summed E-state index contributed by atoms with van der Waals surface area (Å²) >= 11 is 0. The second kappa shape index (κ2) is 8.68. The maximum absolute atomic E-state index is 12.2. The molecular weight excluding hydrogens is 306 g/mol. The molecule has 1 saturated heterocycles. The zero-order valence-corrected chi connectivity index (χ0v) is 14.7. The van der Waals surface area contributed by atoms with Crippen LogP contribution in [0.4, 0.5) is 0 Å². The van der Waals surface area contributed by atoms with Gasteiger partial charge in [-0.15, -0.1) is 0 Å². The number of likely N-dealkylation sites (N-methyl/N-ethyl adjacent to an activating group) is 1. The van der Waals surface area contributed by atoms with Gasteiger partial charge in [0.25, 0.3) is 0 Å². The molecule has 2 rings (SSSR count). The molecule has 1 fully saturated rings. The predicted molar refractivity (Wildman–Crippen MR) is 92.9 cm³/mol. The van der Waals surface area contributed by atoms with Gasteiger partial charge in [0.2, 0.25) is 11.8 Å². The van der Waals surface area contributed by atoms with Crippen molar-refractivity contribution in [3.8, 4) is 5.75 Å². The average molecular weight is 333 g/mol. The third-order valence-corrected chi connectivity index (χ3v) is 4.27. The maximum atomic E-state index is 12.2. The van der Waals surface area contributed by atoms with Gasteiger partial charge in [0, 0.05) is 32.6 Å². The molecule has 0 aromatic heterocycles. The van der Waals surface area contributed by atoms with Crippen LogP contribution in [0.15, 0.2) is 24.3 Å². The van der Waals surface area contributed by atoms with E-state index in [1.807, 2.05) is 43.3 Å². The molecule has 24 heavy (non-hydrogen) atoms. The minimum absolute atomic E-state index is 0.0239. The van der Waals surface area contributed by atoms with Crippen molar-refractivity contribution in [2.45, 2.75) is 12.8 Å². The molecule has 132 valence electrons. The molecule has 1 aromatic rings. The fourth-order valence-electron chi connectivity index (χ4n) is 2.75. The molecule has 6 heteroatoms. The summed E-state index contributed by atoms with van der Waals surface area (Å²) in [6.45, 7) is 2.60. The van der Waals surface area contributed by atoms with Crippen LogP contribution in [0, 0.1) is 5.92 Å². The molecule has 0 saturated carbocycles. The molecule has 0 bridgehead atoms. The van der Waals surface area contributed by atoms with Crippen LogP contribution in [-0.2, 0) is 16.0 Å². The molecule has 2 amide bonds. The summed E-state index contributed by atoms with van der Waals surface area (Å²) < 4.78 is 5.12. The number of rotatable bonds is 8. The normalized spacial score (nSPS) is 17.4. The number of likely N-dealkylation sites (tertiary alicyclic amines) is 1. The second-order valence-electron chi connectivity index (χ2n) is 6.43. The van der Waals surface area contributed by atoms with Crippen molar-refractivity contribution < 1.29 is 14.3 Å². The number of benzene rings is 1. The van der Waals surface area contributed by atoms with Crippen LogP contribution >= 0.6 is 0 Å². The topological polar surface area (TPSA) is 61.9 Å². The minimum Gasteiger partial charge on any atom is -0.497 e. The lowest BCUT2D eigenvalue weighted by atomic mass is 10.1. The third-order valence-electron chi connectivity index (χ3n) is 4.27. The summed E-state index contributed by atoms with van der Waals surface area (Å²) in [5, 5.41) is 2.95. The van der Waals surface area contributed by atoms with E-state index < -0.39 is 0 Å². The quantitative estimate of drug-likeness (QED) is 0.763. The first kappa shape index (κ1) is 18.3. The van der Waals surface area contributed by atoms with Crippen molar-refractivity contribution in [1.82, 2.24) is 15.1 Å². The highest BCUT2D eigenvalue weighted by Gasteiger charge is 2.33. The largest absolute Gasteiger partial charge is 0.497 e. The molecule has 6 nitrogen and oxygen atoms in total. The first-order valence-corrected chi connectivity index (χ1v) is 8.32. The SMILES string of the molecule is COc1ccc(CCNC(=O)C2CC(=O)N(CCN(C)C)C2)cc1. The average Bonchev–Trinajstić information content (AvgIpc) is 2.94. The van der Waals surface area contributed by atoms with Crippen molar-refractivity contribution in [3.63, 3.8) is 0 Å². The number of nitrogens with one attached hydrogen (secondary N) is 1. The zero-order chi connectivity index (χ0) is 17.5. The van der Waals surface area contributed by atoms with E-state index in [9.17, 15) is 9.59 Å². The van der Waals surface area contributed by atoms with Gasteiger partial charge in [-0.05, 0) is 38.2 Å². The summed E-state index contributed by atoms with van der Waals surface area (Å²) in [5.74, 6) is 0.650. The standard InChI is InChI=1S/C18H27N3O3/c1-20(2)10-11-21-13-15(12-17(21)22)18(23)19-9-8-14-4-6-16(24-3)7-5-14/h4-7,15H,8-13H2,1-3H3,(H,19,23). The monoisotopic (exact) mass is 333 g/mol. The Bertz CT molecular complexity index is 557. The van der Waals surface area contributed by atoms with Crippen LogP contribution in [0.2, 0.25) is 0 Å². The highest BCUT2D eigenvalue weighted by Crippen LogP contribution is 2.17. The highest BCUT2D eigenvalue weighted by atomic mass is 16.5. The number of hydrogen-bond donors (Lipinski definition) is 1. The first-order chi connectivity index (χ1) is 11.5. The third kappa shape index (κ3) is 5.23. The molecule has 1 unspecified atom stereocenters. The molecule has 1 N–H and O–H groups in total. The molecular formula is C18H27N3O3. The number of amides is 2. The summed E-state index contributed by atoms with van der Waals surface area (Å²) in [6.07, 6.45) is 1.09. The van der Waals surface area contributed by atoms with E-state index in [4.69, 9.17) is 4.74 Å². The van der Waals surface area contributed by atoms with Crippen LogP contribution in [-0.4, -0.2) is 69.0 Å². The van der Waals surface area contributed by atoms with Gasteiger partial charge < -0.3 is 19.9 Å². The van der Waals surface area contributed by atoms with Gasteiger partial charge in [-0.3, -0.25) is 9.59 Å². The maximum Gasteiger partial charge on any atom is 0.225 e. The fourth-order valence-corrected chi connectivity index (χ4v) is 2.75. The summed E-state index contributed by atoms with van der Waals surface area (Å²) in [5.41, 5.74) is 1.14. The second-order valence-corrected chi connectivity index (χ2v) is 6.43. The number of nitrogens with zero attached hydrogens (tertiary/aromatic N) is 2. The van der Waals surface area contributed by atoms with Gasteiger partial charge in [0.05, 0.1) is 13.0 Å². The zero-order valence-electron chi connectivity index (χ0n) is 14.7. The fraction of sp³-hybridized carbons (Fsp3) is 0.556. The summed E-state index contributed by atoms with van der Waals surface area (Å²) in [6, 6.07) is 7.81. The van der Waals surface area contributed by atoms with E-state index in [1.54, 1.807) is 12.0 Å². The summed E-state index contributed by atoms with van der Waals surface area (Å²) in [7, 11) is 5.59. The molecule has 0 aliphatic carbocycles. The Balaban J connectivity index is 1.73. The van der Waals surface area contributed by atoms with Crippen molar-refractivity contribution in [2.24, 2.45) is 5.92 Å². The Kier molecular flexibility index (Phi) is 6.61. The van der Waals surface area contributed by atoms with Crippen LogP contribution in [0.5, 0.6) is 5.75 Å². The van der Waals surface area contributed by atoms with E-state index in [0.29, 0.717) is 26.1 Å². The Labute approximate surface area is 143 Å². The number of hydrogen-bond acceptors (Lipinski definition) is 4. The Morgan fingerprint density at radius 2 is 2.04 bits per heavy atom. The molecule has 0 spiro atoms. The van der Waals surface area contributed by atoms with Crippen LogP contribution in [0.1, 0.15) is 12.0 Å². The molecule has 1 heterocycles.